The number of ether oxygens (including phenoxy) is 3. The number of carbonyl (C=O) groups excluding carboxylic acids is 5. The zero-order valence-corrected chi connectivity index (χ0v) is 42.5. The van der Waals surface area contributed by atoms with E-state index in [1.165, 1.54) is 19.1 Å². The van der Waals surface area contributed by atoms with E-state index < -0.39 is 74.3 Å². The van der Waals surface area contributed by atoms with E-state index in [1.54, 1.807) is 37.8 Å². The Morgan fingerprint density at radius 1 is 0.833 bits per heavy atom. The number of methoxy groups -OCH3 is 2. The Bertz CT molecular complexity index is 1860. The van der Waals surface area contributed by atoms with Crippen molar-refractivity contribution in [3.8, 4) is 0 Å². The van der Waals surface area contributed by atoms with E-state index in [2.05, 4.69) is 10.6 Å². The number of rotatable bonds is 24. The number of carbonyl (C=O) groups is 5. The molecule has 370 valence electrons. The van der Waals surface area contributed by atoms with Crippen LogP contribution in [0.15, 0.2) is 60.7 Å². The van der Waals surface area contributed by atoms with Gasteiger partial charge in [0.05, 0.1) is 0 Å². The van der Waals surface area contributed by atoms with Crippen LogP contribution in [0.1, 0.15) is 105 Å². The summed E-state index contributed by atoms with van der Waals surface area (Å²) in [5.74, 6) is -3.37. The second-order valence-electron chi connectivity index (χ2n) is 18.4. The molecule has 2 aliphatic heterocycles. The SMILES string of the molecule is CCO[PH]1(C(NC(=O)[C@@H](C)[C@@H](OC)[C@@H]2CCCN2C(=O)C[C@@H](OC)[C@H](C(C)CC)N(C)C(=O)[C@@H](NC(=O)[C@H](C(C)C)N(C)C(=O)OCc2ccccc2)C(C)C)c2ccccc2)OC(C)O1. The van der Waals surface area contributed by atoms with E-state index in [0.717, 1.165) is 17.5 Å². The number of likely N-dealkylation sites (tertiary alicyclic amines) is 1. The predicted molar refractivity (Wildman–Crippen MR) is 255 cm³/mol. The van der Waals surface area contributed by atoms with Crippen LogP contribution < -0.4 is 10.6 Å². The Balaban J connectivity index is 1.49. The van der Waals surface area contributed by atoms with Gasteiger partial charge in [0.2, 0.25) is 11.8 Å². The molecule has 0 radical (unpaired) electrons. The van der Waals surface area contributed by atoms with Gasteiger partial charge >= 0.3 is 225 Å². The number of nitrogens with one attached hydrogen (secondary N) is 2. The third kappa shape index (κ3) is 13.3. The van der Waals surface area contributed by atoms with Gasteiger partial charge < -0.3 is 10.1 Å². The summed E-state index contributed by atoms with van der Waals surface area (Å²) in [5, 5.41) is 6.15. The molecule has 2 heterocycles. The summed E-state index contributed by atoms with van der Waals surface area (Å²) in [4.78, 5) is 75.2. The zero-order valence-electron chi connectivity index (χ0n) is 41.5. The molecule has 2 fully saturated rings. The van der Waals surface area contributed by atoms with Crippen LogP contribution in [-0.4, -0.2) is 129 Å². The molecule has 2 unspecified atom stereocenters. The van der Waals surface area contributed by atoms with E-state index in [4.69, 9.17) is 27.8 Å². The molecular weight excluding hydrogens is 866 g/mol. The fourth-order valence-electron chi connectivity index (χ4n) is 9.39. The van der Waals surface area contributed by atoms with Crippen molar-refractivity contribution in [1.29, 1.82) is 0 Å². The molecule has 0 saturated carbocycles. The van der Waals surface area contributed by atoms with Crippen molar-refractivity contribution in [2.24, 2.45) is 23.7 Å². The van der Waals surface area contributed by atoms with Crippen LogP contribution in [0.3, 0.4) is 0 Å². The van der Waals surface area contributed by atoms with E-state index in [1.807, 2.05) is 109 Å². The molecule has 0 aromatic heterocycles. The van der Waals surface area contributed by atoms with Crippen molar-refractivity contribution in [3.63, 3.8) is 0 Å². The molecule has 5 amide bonds. The molecule has 16 nitrogen and oxygen atoms in total. The van der Waals surface area contributed by atoms with E-state index >= 15 is 0 Å². The fourth-order valence-corrected chi connectivity index (χ4v) is 12.2. The van der Waals surface area contributed by atoms with Gasteiger partial charge in [-0.05, 0) is 17.4 Å². The number of hydrogen-bond donors (Lipinski definition) is 2. The minimum absolute atomic E-state index is 0.0356. The van der Waals surface area contributed by atoms with Crippen molar-refractivity contribution < 1.29 is 51.8 Å². The average molecular weight is 944 g/mol. The topological polar surface area (TPSA) is 175 Å². The number of likely N-dealkylation sites (N-methyl/N-ethyl adjacent to an activating group) is 2. The second-order valence-corrected chi connectivity index (χ2v) is 20.9. The van der Waals surface area contributed by atoms with Gasteiger partial charge in [0, 0.05) is 14.1 Å². The van der Waals surface area contributed by atoms with Gasteiger partial charge in [0.1, 0.15) is 18.7 Å². The fraction of sp³-hybridized carbons (Fsp3) is 0.653. The quantitative estimate of drug-likeness (QED) is 0.103. The summed E-state index contributed by atoms with van der Waals surface area (Å²) >= 11 is 0. The summed E-state index contributed by atoms with van der Waals surface area (Å²) in [5.41, 5.74) is 1.61. The Kier molecular flexibility index (Phi) is 20.8. The van der Waals surface area contributed by atoms with Crippen LogP contribution in [0.4, 0.5) is 4.79 Å². The normalized spacial score (nSPS) is 21.0. The first kappa shape index (κ1) is 54.4. The first-order chi connectivity index (χ1) is 31.4. The summed E-state index contributed by atoms with van der Waals surface area (Å²) in [6.45, 7) is 17.7. The van der Waals surface area contributed by atoms with Gasteiger partial charge in [-0.15, -0.1) is 0 Å². The zero-order chi connectivity index (χ0) is 48.9. The Morgan fingerprint density at radius 2 is 1.45 bits per heavy atom. The van der Waals surface area contributed by atoms with Crippen LogP contribution in [-0.2, 0) is 53.6 Å². The van der Waals surface area contributed by atoms with Crippen LogP contribution in [0.25, 0.3) is 0 Å². The second kappa shape index (κ2) is 25.3. The van der Waals surface area contributed by atoms with Crippen molar-refractivity contribution in [1.82, 2.24) is 25.3 Å². The Hall–Kier alpha value is -4.18. The van der Waals surface area contributed by atoms with Gasteiger partial charge in [-0.2, -0.15) is 0 Å². The third-order valence-electron chi connectivity index (χ3n) is 13.1. The standard InChI is InChI=1S/C49H78N5O11P/c1-14-33(7)43(52(10)48(58)41(31(3)4)50-46(57)42(32(5)6)53(11)49(59)62-30-36-23-18-16-19-24-36)39(60-12)29-40(55)54-28-22-27-38(54)44(61-13)34(8)45(56)51-47(37-25-20-17-21-26-37)66(63-15-2)64-35(9)65-66/h16-21,23-26,31-35,38-39,41-44,47,66H,14-15,22,27-30H2,1-13H3,(H,50,57)(H,51,56)/t33?,34-,38-,39+,41-,42-,43-,44+,47?/m0/s1. The van der Waals surface area contributed by atoms with Gasteiger partial charge in [-0.3, -0.25) is 14.5 Å². The van der Waals surface area contributed by atoms with Gasteiger partial charge in [0.15, 0.2) is 0 Å². The monoisotopic (exact) mass is 944 g/mol. The molecular formula is C49H78N5O11P. The van der Waals surface area contributed by atoms with Crippen molar-refractivity contribution >= 4 is 37.7 Å². The first-order valence-electron chi connectivity index (χ1n) is 23.6. The summed E-state index contributed by atoms with van der Waals surface area (Å²) < 4.78 is 36.1. The number of nitrogens with zero attached hydrogens (tertiary/aromatic N) is 3. The van der Waals surface area contributed by atoms with Crippen molar-refractivity contribution in [2.75, 3.05) is 41.5 Å². The molecule has 0 bridgehead atoms. The maximum atomic E-state index is 14.6. The third-order valence-corrected chi connectivity index (χ3v) is 16.3. The molecule has 2 aliphatic rings. The van der Waals surface area contributed by atoms with Crippen LogP contribution in [0, 0.1) is 23.7 Å². The molecule has 66 heavy (non-hydrogen) atoms. The van der Waals surface area contributed by atoms with E-state index in [0.29, 0.717) is 26.0 Å². The maximum absolute atomic E-state index is 14.6. The number of benzene rings is 2. The summed E-state index contributed by atoms with van der Waals surface area (Å²) in [6.07, 6.45) is -0.488. The minimum atomic E-state index is -3.33. The Morgan fingerprint density at radius 3 is 1.98 bits per heavy atom. The van der Waals surface area contributed by atoms with Crippen LogP contribution >= 0.6 is 7.94 Å². The molecule has 17 heteroatoms. The van der Waals surface area contributed by atoms with Gasteiger partial charge in [-0.1, -0.05) is 78.3 Å². The molecule has 2 N–H and O–H groups in total. The van der Waals surface area contributed by atoms with Crippen molar-refractivity contribution in [3.05, 3.63) is 71.8 Å². The molecule has 2 aromatic carbocycles. The van der Waals surface area contributed by atoms with Crippen LogP contribution in [0.5, 0.6) is 0 Å². The van der Waals surface area contributed by atoms with Crippen molar-refractivity contribution in [2.45, 2.75) is 143 Å². The van der Waals surface area contributed by atoms with Crippen LogP contribution in [0.2, 0.25) is 0 Å². The molecule has 2 saturated heterocycles. The first-order valence-corrected chi connectivity index (χ1v) is 25.4. The number of hydrogen-bond acceptors (Lipinski definition) is 11. The van der Waals surface area contributed by atoms with Gasteiger partial charge in [-0.25, -0.2) is 4.79 Å². The molecule has 2 aromatic rings. The van der Waals surface area contributed by atoms with Gasteiger partial charge in [0.25, 0.3) is 0 Å². The van der Waals surface area contributed by atoms with E-state index in [9.17, 15) is 24.0 Å². The summed E-state index contributed by atoms with van der Waals surface area (Å²) in [6, 6.07) is 15.9. The Labute approximate surface area is 393 Å². The van der Waals surface area contributed by atoms with E-state index in [-0.39, 0.29) is 48.5 Å². The predicted octanol–water partition coefficient (Wildman–Crippen LogP) is 7.08. The average Bonchev–Trinajstić information content (AvgIpc) is 3.78. The molecule has 0 aliphatic carbocycles. The molecule has 9 atom stereocenters. The summed E-state index contributed by atoms with van der Waals surface area (Å²) in [7, 11) is 2.97. The number of amides is 5. The molecule has 4 rings (SSSR count). The molecule has 0 spiro atoms.